The van der Waals surface area contributed by atoms with Crippen LogP contribution in [0, 0.1) is 5.92 Å². The van der Waals surface area contributed by atoms with Crippen LogP contribution in [0.15, 0.2) is 24.3 Å². The molecule has 0 spiro atoms. The zero-order valence-corrected chi connectivity index (χ0v) is 16.5. The van der Waals surface area contributed by atoms with E-state index in [1.54, 1.807) is 0 Å². The maximum absolute atomic E-state index is 12.6. The molecule has 2 unspecified atom stereocenters. The average molecular weight is 373 g/mol. The van der Waals surface area contributed by atoms with Crippen LogP contribution in [-0.2, 0) is 11.3 Å². The SMILES string of the molecule is CN1CCN(C(=O)c2ccc(CNC(=O)C3CCCCC3(C)N)cc2)CC1. The van der Waals surface area contributed by atoms with Crippen LogP contribution in [0.3, 0.4) is 0 Å². The van der Waals surface area contributed by atoms with Gasteiger partial charge in [-0.05, 0) is 44.5 Å². The molecule has 2 atom stereocenters. The van der Waals surface area contributed by atoms with E-state index in [0.717, 1.165) is 57.4 Å². The van der Waals surface area contributed by atoms with Crippen molar-refractivity contribution in [2.75, 3.05) is 33.2 Å². The van der Waals surface area contributed by atoms with Crippen molar-refractivity contribution in [2.24, 2.45) is 11.7 Å². The number of amides is 2. The van der Waals surface area contributed by atoms with Crippen LogP contribution < -0.4 is 11.1 Å². The monoisotopic (exact) mass is 372 g/mol. The van der Waals surface area contributed by atoms with Crippen LogP contribution in [0.4, 0.5) is 0 Å². The van der Waals surface area contributed by atoms with Gasteiger partial charge in [0.2, 0.25) is 5.91 Å². The fourth-order valence-electron chi connectivity index (χ4n) is 4.06. The summed E-state index contributed by atoms with van der Waals surface area (Å²) in [7, 11) is 2.07. The van der Waals surface area contributed by atoms with E-state index in [-0.39, 0.29) is 17.7 Å². The van der Waals surface area contributed by atoms with Gasteiger partial charge in [-0.25, -0.2) is 0 Å². The number of benzene rings is 1. The molecule has 6 nitrogen and oxygen atoms in total. The molecule has 2 fully saturated rings. The molecule has 1 aromatic rings. The number of hydrogen-bond acceptors (Lipinski definition) is 4. The van der Waals surface area contributed by atoms with Gasteiger partial charge >= 0.3 is 0 Å². The number of carbonyl (C=O) groups is 2. The van der Waals surface area contributed by atoms with Gasteiger partial charge in [-0.2, -0.15) is 0 Å². The first-order valence-electron chi connectivity index (χ1n) is 10.0. The third-order valence-corrected chi connectivity index (χ3v) is 6.03. The van der Waals surface area contributed by atoms with Crippen molar-refractivity contribution in [3.8, 4) is 0 Å². The Labute approximate surface area is 162 Å². The number of nitrogens with zero attached hydrogens (tertiary/aromatic N) is 2. The lowest BCUT2D eigenvalue weighted by atomic mass is 9.74. The number of piperazine rings is 1. The molecule has 3 rings (SSSR count). The average Bonchev–Trinajstić information content (AvgIpc) is 2.66. The molecule has 1 aromatic carbocycles. The Morgan fingerprint density at radius 3 is 2.44 bits per heavy atom. The van der Waals surface area contributed by atoms with Crippen LogP contribution in [-0.4, -0.2) is 60.4 Å². The van der Waals surface area contributed by atoms with Crippen LogP contribution in [0.2, 0.25) is 0 Å². The molecule has 3 N–H and O–H groups in total. The quantitative estimate of drug-likeness (QED) is 0.841. The van der Waals surface area contributed by atoms with Crippen molar-refractivity contribution >= 4 is 11.8 Å². The number of likely N-dealkylation sites (N-methyl/N-ethyl adjacent to an activating group) is 1. The zero-order chi connectivity index (χ0) is 19.4. The highest BCUT2D eigenvalue weighted by Crippen LogP contribution is 2.31. The van der Waals surface area contributed by atoms with Crippen LogP contribution in [0.1, 0.15) is 48.5 Å². The van der Waals surface area contributed by atoms with E-state index in [4.69, 9.17) is 5.73 Å². The van der Waals surface area contributed by atoms with E-state index in [9.17, 15) is 9.59 Å². The van der Waals surface area contributed by atoms with Crippen molar-refractivity contribution < 1.29 is 9.59 Å². The summed E-state index contributed by atoms with van der Waals surface area (Å²) in [6, 6.07) is 7.56. The summed E-state index contributed by atoms with van der Waals surface area (Å²) in [5.41, 5.74) is 7.60. The normalized spacial score (nSPS) is 26.6. The second-order valence-electron chi connectivity index (χ2n) is 8.31. The van der Waals surface area contributed by atoms with Crippen molar-refractivity contribution in [1.82, 2.24) is 15.1 Å². The van der Waals surface area contributed by atoms with Gasteiger partial charge in [0.15, 0.2) is 0 Å². The summed E-state index contributed by atoms with van der Waals surface area (Å²) in [5.74, 6) is 0.00131. The van der Waals surface area contributed by atoms with Gasteiger partial charge in [0, 0.05) is 43.8 Å². The van der Waals surface area contributed by atoms with E-state index >= 15 is 0 Å². The number of nitrogens with one attached hydrogen (secondary N) is 1. The maximum Gasteiger partial charge on any atom is 0.253 e. The van der Waals surface area contributed by atoms with Gasteiger partial charge in [0.25, 0.3) is 5.91 Å². The fraction of sp³-hybridized carbons (Fsp3) is 0.619. The van der Waals surface area contributed by atoms with E-state index < -0.39 is 5.54 Å². The summed E-state index contributed by atoms with van der Waals surface area (Å²) in [6.07, 6.45) is 3.92. The number of carbonyl (C=O) groups excluding carboxylic acids is 2. The van der Waals surface area contributed by atoms with Gasteiger partial charge in [-0.15, -0.1) is 0 Å². The molecule has 0 bridgehead atoms. The third-order valence-electron chi connectivity index (χ3n) is 6.03. The van der Waals surface area contributed by atoms with Crippen LogP contribution in [0.5, 0.6) is 0 Å². The summed E-state index contributed by atoms with van der Waals surface area (Å²) in [4.78, 5) is 29.3. The Hall–Kier alpha value is -1.92. The van der Waals surface area contributed by atoms with E-state index in [2.05, 4.69) is 17.3 Å². The molecule has 1 heterocycles. The molecular weight excluding hydrogens is 340 g/mol. The number of hydrogen-bond donors (Lipinski definition) is 2. The Morgan fingerprint density at radius 1 is 1.15 bits per heavy atom. The highest BCUT2D eigenvalue weighted by molar-refractivity contribution is 5.94. The Morgan fingerprint density at radius 2 is 1.81 bits per heavy atom. The predicted octanol–water partition coefficient (Wildman–Crippen LogP) is 1.60. The first-order valence-corrected chi connectivity index (χ1v) is 10.0. The Kier molecular flexibility index (Phi) is 6.17. The summed E-state index contributed by atoms with van der Waals surface area (Å²) >= 11 is 0. The minimum atomic E-state index is -0.416. The van der Waals surface area contributed by atoms with Gasteiger partial charge in [-0.1, -0.05) is 25.0 Å². The molecule has 1 aliphatic heterocycles. The van der Waals surface area contributed by atoms with E-state index in [0.29, 0.717) is 12.1 Å². The minimum Gasteiger partial charge on any atom is -0.352 e. The summed E-state index contributed by atoms with van der Waals surface area (Å²) in [6.45, 7) is 5.82. The molecule has 0 aromatic heterocycles. The van der Waals surface area contributed by atoms with E-state index in [1.165, 1.54) is 0 Å². The smallest absolute Gasteiger partial charge is 0.253 e. The summed E-state index contributed by atoms with van der Waals surface area (Å²) in [5, 5.41) is 3.02. The van der Waals surface area contributed by atoms with Crippen molar-refractivity contribution in [3.63, 3.8) is 0 Å². The molecule has 148 valence electrons. The van der Waals surface area contributed by atoms with Crippen LogP contribution in [0.25, 0.3) is 0 Å². The van der Waals surface area contributed by atoms with Crippen molar-refractivity contribution in [1.29, 1.82) is 0 Å². The molecule has 1 aliphatic carbocycles. The van der Waals surface area contributed by atoms with Gasteiger partial charge < -0.3 is 20.9 Å². The summed E-state index contributed by atoms with van der Waals surface area (Å²) < 4.78 is 0. The predicted molar refractivity (Wildman–Crippen MR) is 106 cm³/mol. The van der Waals surface area contributed by atoms with E-state index in [1.807, 2.05) is 36.1 Å². The van der Waals surface area contributed by atoms with Crippen molar-refractivity contribution in [2.45, 2.75) is 44.7 Å². The highest BCUT2D eigenvalue weighted by Gasteiger charge is 2.37. The lowest BCUT2D eigenvalue weighted by Crippen LogP contribution is -2.52. The first kappa shape index (κ1) is 19.8. The zero-order valence-electron chi connectivity index (χ0n) is 16.5. The Balaban J connectivity index is 1.53. The molecule has 1 saturated heterocycles. The fourth-order valence-corrected chi connectivity index (χ4v) is 4.06. The topological polar surface area (TPSA) is 78.7 Å². The number of rotatable bonds is 4. The Bertz CT molecular complexity index is 663. The largest absolute Gasteiger partial charge is 0.352 e. The second kappa shape index (κ2) is 8.40. The first-order chi connectivity index (χ1) is 12.9. The highest BCUT2D eigenvalue weighted by atomic mass is 16.2. The molecule has 6 heteroatoms. The molecule has 27 heavy (non-hydrogen) atoms. The van der Waals surface area contributed by atoms with Gasteiger partial charge in [0.05, 0.1) is 5.92 Å². The lowest BCUT2D eigenvalue weighted by molar-refractivity contribution is -0.128. The molecule has 1 saturated carbocycles. The standard InChI is InChI=1S/C21H32N4O2/c1-21(22)10-4-3-5-18(21)19(26)23-15-16-6-8-17(9-7-16)20(27)25-13-11-24(2)12-14-25/h6-9,18H,3-5,10-15,22H2,1-2H3,(H,23,26). The minimum absolute atomic E-state index is 0.0392. The van der Waals surface area contributed by atoms with Gasteiger partial charge in [-0.3, -0.25) is 9.59 Å². The number of nitrogens with two attached hydrogens (primary N) is 1. The van der Waals surface area contributed by atoms with Gasteiger partial charge in [0.1, 0.15) is 0 Å². The molecular formula is C21H32N4O2. The second-order valence-corrected chi connectivity index (χ2v) is 8.31. The van der Waals surface area contributed by atoms with Crippen LogP contribution >= 0.6 is 0 Å². The third kappa shape index (κ3) is 4.87. The molecule has 2 aliphatic rings. The molecule has 0 radical (unpaired) electrons. The van der Waals surface area contributed by atoms with Crippen molar-refractivity contribution in [3.05, 3.63) is 35.4 Å². The maximum atomic E-state index is 12.6. The lowest BCUT2D eigenvalue weighted by Gasteiger charge is -2.37. The molecule has 2 amide bonds.